The summed E-state index contributed by atoms with van der Waals surface area (Å²) in [6.07, 6.45) is 0. The fourth-order valence-corrected chi connectivity index (χ4v) is 3.21. The van der Waals surface area contributed by atoms with Gasteiger partial charge in [-0.3, -0.25) is 0 Å². The van der Waals surface area contributed by atoms with E-state index in [0.717, 1.165) is 33.9 Å². The molecule has 6 heteroatoms. The summed E-state index contributed by atoms with van der Waals surface area (Å²) >= 11 is 11.6. The van der Waals surface area contributed by atoms with Gasteiger partial charge >= 0.3 is 0 Å². The molecule has 28 heavy (non-hydrogen) atoms. The van der Waals surface area contributed by atoms with Crippen LogP contribution < -0.4 is 19.5 Å². The number of nitrogens with one attached hydrogen (secondary N) is 1. The van der Waals surface area contributed by atoms with Crippen molar-refractivity contribution in [1.29, 1.82) is 0 Å². The van der Waals surface area contributed by atoms with Crippen molar-refractivity contribution in [3.63, 3.8) is 0 Å². The molecule has 1 heterocycles. The molecule has 0 radical (unpaired) electrons. The van der Waals surface area contributed by atoms with Crippen LogP contribution in [0.25, 0.3) is 0 Å². The lowest BCUT2D eigenvalue weighted by molar-refractivity contribution is 0.174. The van der Waals surface area contributed by atoms with Crippen molar-refractivity contribution < 1.29 is 14.2 Å². The SMILES string of the molecule is S=C(NCc1ccc2c(c1)OCO2)c1ccc(OCc2ccccc2Cl)cc1. The maximum absolute atomic E-state index is 6.15. The van der Waals surface area contributed by atoms with Crippen molar-refractivity contribution in [2.45, 2.75) is 13.2 Å². The van der Waals surface area contributed by atoms with Gasteiger partial charge in [-0.25, -0.2) is 0 Å². The lowest BCUT2D eigenvalue weighted by Crippen LogP contribution is -2.21. The highest BCUT2D eigenvalue weighted by Crippen LogP contribution is 2.32. The van der Waals surface area contributed by atoms with Gasteiger partial charge in [0.05, 0.1) is 0 Å². The van der Waals surface area contributed by atoms with Crippen LogP contribution in [0.15, 0.2) is 66.7 Å². The van der Waals surface area contributed by atoms with Crippen LogP contribution in [0, 0.1) is 0 Å². The Balaban J connectivity index is 1.32. The summed E-state index contributed by atoms with van der Waals surface area (Å²) in [5.41, 5.74) is 2.96. The van der Waals surface area contributed by atoms with E-state index < -0.39 is 0 Å². The Bertz CT molecular complexity index is 991. The van der Waals surface area contributed by atoms with Crippen molar-refractivity contribution in [3.05, 3.63) is 88.4 Å². The number of ether oxygens (including phenoxy) is 3. The van der Waals surface area contributed by atoms with Crippen LogP contribution in [-0.4, -0.2) is 11.8 Å². The predicted octanol–water partition coefficient (Wildman–Crippen LogP) is 5.11. The molecule has 4 rings (SSSR count). The highest BCUT2D eigenvalue weighted by atomic mass is 35.5. The molecule has 142 valence electrons. The monoisotopic (exact) mass is 411 g/mol. The van der Waals surface area contributed by atoms with E-state index in [1.54, 1.807) is 0 Å². The quantitative estimate of drug-likeness (QED) is 0.570. The molecular formula is C22H18ClNO3S. The zero-order valence-corrected chi connectivity index (χ0v) is 16.6. The summed E-state index contributed by atoms with van der Waals surface area (Å²) in [4.78, 5) is 0.676. The number of halogens is 1. The van der Waals surface area contributed by atoms with Gasteiger partial charge in [-0.2, -0.15) is 0 Å². The topological polar surface area (TPSA) is 39.7 Å². The van der Waals surface area contributed by atoms with E-state index in [-0.39, 0.29) is 6.79 Å². The fraction of sp³-hybridized carbons (Fsp3) is 0.136. The average molecular weight is 412 g/mol. The first-order valence-corrected chi connectivity index (χ1v) is 9.61. The second-order valence-electron chi connectivity index (χ2n) is 6.27. The number of hydrogen-bond donors (Lipinski definition) is 1. The highest BCUT2D eigenvalue weighted by Gasteiger charge is 2.13. The van der Waals surface area contributed by atoms with Gasteiger partial charge in [-0.15, -0.1) is 0 Å². The molecule has 4 nitrogen and oxygen atoms in total. The van der Waals surface area contributed by atoms with Gasteiger partial charge in [-0.05, 0) is 48.0 Å². The molecule has 0 atom stereocenters. The van der Waals surface area contributed by atoms with Crippen molar-refractivity contribution in [3.8, 4) is 17.2 Å². The molecular weight excluding hydrogens is 394 g/mol. The lowest BCUT2D eigenvalue weighted by atomic mass is 10.2. The minimum atomic E-state index is 0.273. The number of fused-ring (bicyclic) bond motifs is 1. The lowest BCUT2D eigenvalue weighted by Gasteiger charge is -2.11. The first kappa shape index (κ1) is 18.6. The highest BCUT2D eigenvalue weighted by molar-refractivity contribution is 7.80. The van der Waals surface area contributed by atoms with Gasteiger partial charge in [0, 0.05) is 22.7 Å². The van der Waals surface area contributed by atoms with Crippen LogP contribution in [-0.2, 0) is 13.2 Å². The summed E-state index contributed by atoms with van der Waals surface area (Å²) in [6, 6.07) is 21.2. The molecule has 0 fully saturated rings. The zero-order valence-electron chi connectivity index (χ0n) is 15.0. The number of hydrogen-bond acceptors (Lipinski definition) is 4. The Kier molecular flexibility index (Phi) is 5.65. The van der Waals surface area contributed by atoms with Gasteiger partial charge in [-0.1, -0.05) is 48.1 Å². The number of benzene rings is 3. The van der Waals surface area contributed by atoms with Gasteiger partial charge in [0.25, 0.3) is 0 Å². The largest absolute Gasteiger partial charge is 0.489 e. The molecule has 0 aromatic heterocycles. The Morgan fingerprint density at radius 1 is 1.00 bits per heavy atom. The van der Waals surface area contributed by atoms with Crippen LogP contribution in [0.1, 0.15) is 16.7 Å². The van der Waals surface area contributed by atoms with Crippen molar-refractivity contribution in [2.75, 3.05) is 6.79 Å². The maximum Gasteiger partial charge on any atom is 0.231 e. The summed E-state index contributed by atoms with van der Waals surface area (Å²) < 4.78 is 16.5. The third kappa shape index (κ3) is 4.38. The minimum absolute atomic E-state index is 0.273. The van der Waals surface area contributed by atoms with E-state index in [4.69, 9.17) is 38.0 Å². The standard InChI is InChI=1S/C22H18ClNO3S/c23-19-4-2-1-3-17(19)13-25-18-8-6-16(7-9-18)22(28)24-12-15-5-10-20-21(11-15)27-14-26-20/h1-11H,12-14H2,(H,24,28). The zero-order chi connectivity index (χ0) is 19.3. The summed E-state index contributed by atoms with van der Waals surface area (Å²) in [6.45, 7) is 1.31. The molecule has 1 aliphatic heterocycles. The van der Waals surface area contributed by atoms with Crippen molar-refractivity contribution in [1.82, 2.24) is 5.32 Å². The average Bonchev–Trinajstić information content (AvgIpc) is 3.20. The molecule has 3 aromatic rings. The molecule has 0 bridgehead atoms. The Labute approximate surface area is 174 Å². The van der Waals surface area contributed by atoms with Crippen molar-refractivity contribution >= 4 is 28.8 Å². The fourth-order valence-electron chi connectivity index (χ4n) is 2.81. The molecule has 1 N–H and O–H groups in total. The van der Waals surface area contributed by atoms with Gasteiger partial charge < -0.3 is 19.5 Å². The molecule has 0 amide bonds. The molecule has 0 aliphatic carbocycles. The van der Waals surface area contributed by atoms with E-state index in [9.17, 15) is 0 Å². The molecule has 1 aliphatic rings. The van der Waals surface area contributed by atoms with Crippen LogP contribution >= 0.6 is 23.8 Å². The van der Waals surface area contributed by atoms with E-state index in [1.807, 2.05) is 66.7 Å². The number of rotatable bonds is 6. The van der Waals surface area contributed by atoms with E-state index >= 15 is 0 Å². The Morgan fingerprint density at radius 2 is 1.79 bits per heavy atom. The van der Waals surface area contributed by atoms with E-state index in [0.29, 0.717) is 23.2 Å². The summed E-state index contributed by atoms with van der Waals surface area (Å²) in [5, 5.41) is 3.97. The molecule has 0 saturated heterocycles. The first-order valence-electron chi connectivity index (χ1n) is 8.82. The third-order valence-electron chi connectivity index (χ3n) is 4.36. The normalized spacial score (nSPS) is 11.9. The third-order valence-corrected chi connectivity index (χ3v) is 5.11. The van der Waals surface area contributed by atoms with Crippen LogP contribution in [0.3, 0.4) is 0 Å². The summed E-state index contributed by atoms with van der Waals surface area (Å²) in [7, 11) is 0. The van der Waals surface area contributed by atoms with Crippen LogP contribution in [0.4, 0.5) is 0 Å². The summed E-state index contributed by atoms with van der Waals surface area (Å²) in [5.74, 6) is 2.31. The van der Waals surface area contributed by atoms with Crippen LogP contribution in [0.5, 0.6) is 17.2 Å². The predicted molar refractivity (Wildman–Crippen MR) is 113 cm³/mol. The van der Waals surface area contributed by atoms with Crippen molar-refractivity contribution in [2.24, 2.45) is 0 Å². The number of thiocarbonyl (C=S) groups is 1. The molecule has 0 saturated carbocycles. The second-order valence-corrected chi connectivity index (χ2v) is 7.09. The van der Waals surface area contributed by atoms with Crippen LogP contribution in [0.2, 0.25) is 5.02 Å². The Morgan fingerprint density at radius 3 is 2.61 bits per heavy atom. The second kappa shape index (κ2) is 8.50. The minimum Gasteiger partial charge on any atom is -0.489 e. The maximum atomic E-state index is 6.15. The Hall–Kier alpha value is -2.76. The van der Waals surface area contributed by atoms with Gasteiger partial charge in [0.15, 0.2) is 11.5 Å². The van der Waals surface area contributed by atoms with Gasteiger partial charge in [0.1, 0.15) is 17.3 Å². The van der Waals surface area contributed by atoms with E-state index in [1.165, 1.54) is 0 Å². The van der Waals surface area contributed by atoms with Gasteiger partial charge in [0.2, 0.25) is 6.79 Å². The molecule has 3 aromatic carbocycles. The molecule has 0 unspecified atom stereocenters. The first-order chi connectivity index (χ1) is 13.7. The van der Waals surface area contributed by atoms with E-state index in [2.05, 4.69) is 5.32 Å². The smallest absolute Gasteiger partial charge is 0.231 e. The molecule has 0 spiro atoms.